The lowest BCUT2D eigenvalue weighted by Gasteiger charge is -2.19. The fraction of sp³-hybridized carbons (Fsp3) is 0.318. The molecule has 10 heteroatoms. The van der Waals surface area contributed by atoms with Gasteiger partial charge >= 0.3 is 0 Å². The van der Waals surface area contributed by atoms with Gasteiger partial charge < -0.3 is 14.0 Å². The van der Waals surface area contributed by atoms with E-state index >= 15 is 0 Å². The molecule has 0 amide bonds. The number of non-ortho nitro benzene ring substituents is 1. The Morgan fingerprint density at radius 1 is 1.12 bits per heavy atom. The number of ether oxygens (including phenoxy) is 2. The number of benzene rings is 2. The van der Waals surface area contributed by atoms with Crippen LogP contribution in [0, 0.1) is 10.1 Å². The number of thioether (sulfide) groups is 1. The number of methoxy groups -OCH3 is 1. The molecule has 0 aliphatic heterocycles. The zero-order chi connectivity index (χ0) is 23.3. The van der Waals surface area contributed by atoms with Gasteiger partial charge in [-0.2, -0.15) is 0 Å². The number of ketones is 1. The fourth-order valence-electron chi connectivity index (χ4n) is 3.07. The number of Topliss-reactive ketones (excluding diaryl/α,β-unsaturated/α-hetero) is 1. The Morgan fingerprint density at radius 3 is 2.44 bits per heavy atom. The Labute approximate surface area is 189 Å². The quantitative estimate of drug-likeness (QED) is 0.184. The molecule has 2 aromatic carbocycles. The molecule has 3 rings (SSSR count). The Bertz CT molecular complexity index is 1100. The standard InChI is InChI=1S/C22H24N4O5S/c1-14(2)25-21(15(3)31-19-10-8-18(30-4)9-11-19)23-24-22(25)32-13-20(27)16-6-5-7-17(12-16)26(28)29/h5-12,14-15H,13H2,1-4H3. The first-order valence-electron chi connectivity index (χ1n) is 9.96. The molecule has 168 valence electrons. The number of hydrogen-bond donors (Lipinski definition) is 0. The molecule has 3 aromatic rings. The maximum Gasteiger partial charge on any atom is 0.270 e. The van der Waals surface area contributed by atoms with Crippen molar-refractivity contribution < 1.29 is 19.2 Å². The molecule has 0 aliphatic rings. The second kappa shape index (κ2) is 10.3. The molecule has 1 unspecified atom stereocenters. The number of hydrogen-bond acceptors (Lipinski definition) is 8. The van der Waals surface area contributed by atoms with Crippen LogP contribution in [0.1, 0.15) is 49.1 Å². The molecular formula is C22H24N4O5S. The monoisotopic (exact) mass is 456 g/mol. The van der Waals surface area contributed by atoms with Gasteiger partial charge in [0.2, 0.25) is 0 Å². The van der Waals surface area contributed by atoms with Gasteiger partial charge in [-0.25, -0.2) is 0 Å². The number of carbonyl (C=O) groups excluding carboxylic acids is 1. The van der Waals surface area contributed by atoms with Crippen LogP contribution in [0.15, 0.2) is 53.7 Å². The minimum absolute atomic E-state index is 0.0392. The van der Waals surface area contributed by atoms with Crippen molar-refractivity contribution in [1.82, 2.24) is 14.8 Å². The molecule has 0 fully saturated rings. The number of aromatic nitrogens is 3. The lowest BCUT2D eigenvalue weighted by atomic mass is 10.1. The van der Waals surface area contributed by atoms with E-state index in [0.717, 1.165) is 5.75 Å². The van der Waals surface area contributed by atoms with Crippen molar-refractivity contribution in [2.75, 3.05) is 12.9 Å². The Kier molecular flexibility index (Phi) is 7.47. The predicted molar refractivity (Wildman–Crippen MR) is 121 cm³/mol. The van der Waals surface area contributed by atoms with E-state index < -0.39 is 4.92 Å². The first-order chi connectivity index (χ1) is 15.3. The van der Waals surface area contributed by atoms with E-state index in [1.54, 1.807) is 13.2 Å². The number of nitrogens with zero attached hydrogens (tertiary/aromatic N) is 4. The maximum atomic E-state index is 12.6. The van der Waals surface area contributed by atoms with Gasteiger partial charge in [-0.05, 0) is 45.0 Å². The maximum absolute atomic E-state index is 12.6. The molecule has 0 N–H and O–H groups in total. The summed E-state index contributed by atoms with van der Waals surface area (Å²) >= 11 is 1.24. The number of carbonyl (C=O) groups is 1. The van der Waals surface area contributed by atoms with E-state index in [-0.39, 0.29) is 29.4 Å². The highest BCUT2D eigenvalue weighted by Crippen LogP contribution is 2.29. The summed E-state index contributed by atoms with van der Waals surface area (Å²) in [7, 11) is 1.60. The molecule has 32 heavy (non-hydrogen) atoms. The van der Waals surface area contributed by atoms with Gasteiger partial charge in [0, 0.05) is 23.7 Å². The van der Waals surface area contributed by atoms with Gasteiger partial charge in [0.05, 0.1) is 17.8 Å². The van der Waals surface area contributed by atoms with E-state index in [1.807, 2.05) is 49.6 Å². The van der Waals surface area contributed by atoms with Crippen LogP contribution in [0.25, 0.3) is 0 Å². The lowest BCUT2D eigenvalue weighted by molar-refractivity contribution is -0.384. The largest absolute Gasteiger partial charge is 0.497 e. The molecule has 0 spiro atoms. The summed E-state index contributed by atoms with van der Waals surface area (Å²) < 4.78 is 13.1. The Morgan fingerprint density at radius 2 is 1.81 bits per heavy atom. The zero-order valence-electron chi connectivity index (χ0n) is 18.2. The van der Waals surface area contributed by atoms with Crippen LogP contribution in [0.4, 0.5) is 5.69 Å². The summed E-state index contributed by atoms with van der Waals surface area (Å²) in [5, 5.41) is 20.1. The molecule has 0 radical (unpaired) electrons. The predicted octanol–water partition coefficient (Wildman–Crippen LogP) is 4.89. The van der Waals surface area contributed by atoms with Gasteiger partial charge in [-0.1, -0.05) is 23.9 Å². The molecule has 1 aromatic heterocycles. The van der Waals surface area contributed by atoms with Gasteiger partial charge in [0.1, 0.15) is 11.5 Å². The third-order valence-corrected chi connectivity index (χ3v) is 5.60. The van der Waals surface area contributed by atoms with E-state index in [4.69, 9.17) is 9.47 Å². The average Bonchev–Trinajstić information content (AvgIpc) is 3.22. The van der Waals surface area contributed by atoms with E-state index in [1.165, 1.54) is 30.0 Å². The summed E-state index contributed by atoms with van der Waals surface area (Å²) in [6.45, 7) is 5.88. The minimum Gasteiger partial charge on any atom is -0.497 e. The first kappa shape index (κ1) is 23.3. The van der Waals surface area contributed by atoms with Gasteiger partial charge in [-0.3, -0.25) is 14.9 Å². The second-order valence-corrected chi connectivity index (χ2v) is 8.20. The lowest BCUT2D eigenvalue weighted by Crippen LogP contribution is -2.14. The van der Waals surface area contributed by atoms with E-state index in [9.17, 15) is 14.9 Å². The minimum atomic E-state index is -0.518. The molecule has 9 nitrogen and oxygen atoms in total. The molecule has 0 aliphatic carbocycles. The number of nitro benzene ring substituents is 1. The van der Waals surface area contributed by atoms with Crippen molar-refractivity contribution in [3.8, 4) is 11.5 Å². The highest BCUT2D eigenvalue weighted by Gasteiger charge is 2.22. The molecular weight excluding hydrogens is 432 g/mol. The second-order valence-electron chi connectivity index (χ2n) is 7.26. The molecule has 0 saturated carbocycles. The molecule has 1 atom stereocenters. The van der Waals surface area contributed by atoms with Crippen LogP contribution < -0.4 is 9.47 Å². The highest BCUT2D eigenvalue weighted by atomic mass is 32.2. The van der Waals surface area contributed by atoms with Crippen LogP contribution in [-0.2, 0) is 0 Å². The van der Waals surface area contributed by atoms with Crippen LogP contribution >= 0.6 is 11.8 Å². The highest BCUT2D eigenvalue weighted by molar-refractivity contribution is 7.99. The number of rotatable bonds is 10. The van der Waals surface area contributed by atoms with E-state index in [2.05, 4.69) is 10.2 Å². The SMILES string of the molecule is COc1ccc(OC(C)c2nnc(SCC(=O)c3cccc([N+](=O)[O-])c3)n2C(C)C)cc1. The summed E-state index contributed by atoms with van der Waals surface area (Å²) in [6, 6.07) is 13.0. The smallest absolute Gasteiger partial charge is 0.270 e. The van der Waals surface area contributed by atoms with Crippen LogP contribution in [0.5, 0.6) is 11.5 Å². The van der Waals surface area contributed by atoms with Crippen LogP contribution in [-0.4, -0.2) is 38.3 Å². The zero-order valence-corrected chi connectivity index (χ0v) is 19.0. The topological polar surface area (TPSA) is 109 Å². The normalized spacial score (nSPS) is 11.9. The van der Waals surface area contributed by atoms with Crippen molar-refractivity contribution in [2.45, 2.75) is 38.1 Å². The summed E-state index contributed by atoms with van der Waals surface area (Å²) in [5.41, 5.74) is 0.178. The summed E-state index contributed by atoms with van der Waals surface area (Å²) in [6.07, 6.45) is -0.375. The van der Waals surface area contributed by atoms with Crippen molar-refractivity contribution in [3.63, 3.8) is 0 Å². The molecule has 1 heterocycles. The van der Waals surface area contributed by atoms with Crippen LogP contribution in [0.2, 0.25) is 0 Å². The third-order valence-electron chi connectivity index (χ3n) is 4.65. The van der Waals surface area contributed by atoms with Crippen molar-refractivity contribution in [2.24, 2.45) is 0 Å². The van der Waals surface area contributed by atoms with Crippen LogP contribution in [0.3, 0.4) is 0 Å². The number of nitro groups is 1. The third kappa shape index (κ3) is 5.44. The Balaban J connectivity index is 1.73. The van der Waals surface area contributed by atoms with Gasteiger partial charge in [0.25, 0.3) is 5.69 Å². The fourth-order valence-corrected chi connectivity index (χ4v) is 4.04. The molecule has 0 saturated heterocycles. The summed E-state index contributed by atoms with van der Waals surface area (Å²) in [4.78, 5) is 23.0. The van der Waals surface area contributed by atoms with E-state index in [0.29, 0.717) is 22.3 Å². The van der Waals surface area contributed by atoms with Crippen molar-refractivity contribution in [3.05, 3.63) is 70.0 Å². The Hall–Kier alpha value is -3.40. The first-order valence-corrected chi connectivity index (χ1v) is 10.9. The van der Waals surface area contributed by atoms with Crippen molar-refractivity contribution >= 4 is 23.2 Å². The average molecular weight is 457 g/mol. The van der Waals surface area contributed by atoms with Gasteiger partial charge in [-0.15, -0.1) is 10.2 Å². The van der Waals surface area contributed by atoms with Crippen molar-refractivity contribution in [1.29, 1.82) is 0 Å². The van der Waals surface area contributed by atoms with Gasteiger partial charge in [0.15, 0.2) is 22.9 Å². The summed E-state index contributed by atoms with van der Waals surface area (Å²) in [5.74, 6) is 1.91. The molecule has 0 bridgehead atoms.